The summed E-state index contributed by atoms with van der Waals surface area (Å²) in [6.45, 7) is 5.52. The van der Waals surface area contributed by atoms with Gasteiger partial charge in [-0.25, -0.2) is 4.79 Å². The van der Waals surface area contributed by atoms with E-state index in [0.717, 1.165) is 0 Å². The fourth-order valence-corrected chi connectivity index (χ4v) is 1.46. The summed E-state index contributed by atoms with van der Waals surface area (Å²) in [7, 11) is 3.19. The molecule has 0 aliphatic heterocycles. The highest BCUT2D eigenvalue weighted by molar-refractivity contribution is 5.81. The van der Waals surface area contributed by atoms with Crippen LogP contribution < -0.4 is 5.32 Å². The lowest BCUT2D eigenvalue weighted by atomic mass is 9.97. The molecule has 16 heavy (non-hydrogen) atoms. The van der Waals surface area contributed by atoms with Crippen LogP contribution in [-0.4, -0.2) is 52.1 Å². The minimum absolute atomic E-state index is 0.268. The first-order valence-electron chi connectivity index (χ1n) is 5.57. The smallest absolute Gasteiger partial charge is 0.328 e. The molecule has 1 atom stereocenters. The van der Waals surface area contributed by atoms with E-state index in [2.05, 4.69) is 5.32 Å². The summed E-state index contributed by atoms with van der Waals surface area (Å²) in [5.41, 5.74) is -0.761. The van der Waals surface area contributed by atoms with Gasteiger partial charge in [-0.3, -0.25) is 5.32 Å². The van der Waals surface area contributed by atoms with E-state index in [1.807, 2.05) is 6.92 Å². The van der Waals surface area contributed by atoms with Crippen LogP contribution in [0.25, 0.3) is 0 Å². The Morgan fingerprint density at radius 2 is 1.94 bits per heavy atom. The second-order valence-corrected chi connectivity index (χ2v) is 3.51. The lowest BCUT2D eigenvalue weighted by Crippen LogP contribution is -2.56. The topological polar surface area (TPSA) is 56.8 Å². The van der Waals surface area contributed by atoms with E-state index in [1.54, 1.807) is 21.1 Å². The molecule has 0 amide bonds. The molecule has 0 aromatic rings. The molecule has 0 aliphatic carbocycles. The van der Waals surface area contributed by atoms with E-state index in [0.29, 0.717) is 32.8 Å². The standard InChI is InChI=1S/C11H23NO4/c1-5-11(9-15-4,10(13)16-6-2)12-7-8-14-3/h12H,5-9H2,1-4H3. The van der Waals surface area contributed by atoms with Crippen LogP contribution in [0.3, 0.4) is 0 Å². The van der Waals surface area contributed by atoms with Gasteiger partial charge in [0.15, 0.2) is 0 Å². The summed E-state index contributed by atoms with van der Waals surface area (Å²) < 4.78 is 15.1. The number of nitrogens with one attached hydrogen (secondary N) is 1. The van der Waals surface area contributed by atoms with Gasteiger partial charge in [-0.05, 0) is 13.3 Å². The number of esters is 1. The molecule has 0 aliphatic rings. The molecule has 0 aromatic carbocycles. The molecule has 1 unspecified atom stereocenters. The second kappa shape index (κ2) is 8.50. The molecule has 1 N–H and O–H groups in total. The molecule has 0 aromatic heterocycles. The minimum atomic E-state index is -0.761. The van der Waals surface area contributed by atoms with Gasteiger partial charge in [0.05, 0.1) is 19.8 Å². The zero-order valence-electron chi connectivity index (χ0n) is 10.7. The van der Waals surface area contributed by atoms with Gasteiger partial charge in [-0.15, -0.1) is 0 Å². The van der Waals surface area contributed by atoms with E-state index in [9.17, 15) is 4.79 Å². The van der Waals surface area contributed by atoms with Gasteiger partial charge in [0.2, 0.25) is 0 Å². The molecular weight excluding hydrogens is 210 g/mol. The zero-order chi connectivity index (χ0) is 12.4. The van der Waals surface area contributed by atoms with Gasteiger partial charge in [0, 0.05) is 20.8 Å². The first kappa shape index (κ1) is 15.3. The van der Waals surface area contributed by atoms with E-state index < -0.39 is 5.54 Å². The lowest BCUT2D eigenvalue weighted by molar-refractivity contribution is -0.154. The van der Waals surface area contributed by atoms with Gasteiger partial charge >= 0.3 is 5.97 Å². The van der Waals surface area contributed by atoms with Gasteiger partial charge in [0.1, 0.15) is 5.54 Å². The van der Waals surface area contributed by atoms with E-state index in [1.165, 1.54) is 0 Å². The van der Waals surface area contributed by atoms with Crippen molar-refractivity contribution >= 4 is 5.97 Å². The highest BCUT2D eigenvalue weighted by atomic mass is 16.5. The van der Waals surface area contributed by atoms with Crippen molar-refractivity contribution in [1.29, 1.82) is 0 Å². The first-order valence-corrected chi connectivity index (χ1v) is 5.57. The largest absolute Gasteiger partial charge is 0.465 e. The van der Waals surface area contributed by atoms with Crippen molar-refractivity contribution in [3.8, 4) is 0 Å². The van der Waals surface area contributed by atoms with Gasteiger partial charge in [0.25, 0.3) is 0 Å². The number of rotatable bonds is 9. The number of carbonyl (C=O) groups excluding carboxylic acids is 1. The molecule has 5 nitrogen and oxygen atoms in total. The Balaban J connectivity index is 4.49. The molecule has 0 saturated heterocycles. The number of hydrogen-bond acceptors (Lipinski definition) is 5. The number of ether oxygens (including phenoxy) is 3. The summed E-state index contributed by atoms with van der Waals surface area (Å²) >= 11 is 0. The maximum atomic E-state index is 11.9. The monoisotopic (exact) mass is 233 g/mol. The summed E-state index contributed by atoms with van der Waals surface area (Å²) in [4.78, 5) is 11.9. The molecule has 5 heteroatoms. The van der Waals surface area contributed by atoms with E-state index in [4.69, 9.17) is 14.2 Å². The van der Waals surface area contributed by atoms with E-state index >= 15 is 0 Å². The Morgan fingerprint density at radius 1 is 1.25 bits per heavy atom. The van der Waals surface area contributed by atoms with Crippen molar-refractivity contribution in [3.05, 3.63) is 0 Å². The molecule has 0 fully saturated rings. The van der Waals surface area contributed by atoms with Crippen LogP contribution in [0.1, 0.15) is 20.3 Å². The number of methoxy groups -OCH3 is 2. The fraction of sp³-hybridized carbons (Fsp3) is 0.909. The third-order valence-electron chi connectivity index (χ3n) is 2.43. The predicted molar refractivity (Wildman–Crippen MR) is 61.4 cm³/mol. The van der Waals surface area contributed by atoms with Crippen molar-refractivity contribution < 1.29 is 19.0 Å². The quantitative estimate of drug-likeness (QED) is 0.466. The molecule has 0 spiro atoms. The van der Waals surface area contributed by atoms with Crippen molar-refractivity contribution in [2.45, 2.75) is 25.8 Å². The molecule has 96 valence electrons. The maximum Gasteiger partial charge on any atom is 0.328 e. The minimum Gasteiger partial charge on any atom is -0.465 e. The highest BCUT2D eigenvalue weighted by Gasteiger charge is 2.37. The number of hydrogen-bond donors (Lipinski definition) is 1. The summed E-state index contributed by atoms with van der Waals surface area (Å²) in [6, 6.07) is 0. The third kappa shape index (κ3) is 4.47. The normalized spacial score (nSPS) is 14.5. The maximum absolute atomic E-state index is 11.9. The van der Waals surface area contributed by atoms with Crippen LogP contribution in [0.2, 0.25) is 0 Å². The van der Waals surface area contributed by atoms with Crippen LogP contribution >= 0.6 is 0 Å². The Labute approximate surface area is 97.4 Å². The van der Waals surface area contributed by atoms with Gasteiger partial charge in [-0.1, -0.05) is 6.92 Å². The highest BCUT2D eigenvalue weighted by Crippen LogP contribution is 2.13. The van der Waals surface area contributed by atoms with E-state index in [-0.39, 0.29) is 5.97 Å². The van der Waals surface area contributed by atoms with Crippen LogP contribution in [0.15, 0.2) is 0 Å². The van der Waals surface area contributed by atoms with Crippen molar-refractivity contribution in [2.24, 2.45) is 0 Å². The second-order valence-electron chi connectivity index (χ2n) is 3.51. The average Bonchev–Trinajstić information content (AvgIpc) is 2.28. The first-order chi connectivity index (χ1) is 7.66. The molecular formula is C11H23NO4. The van der Waals surface area contributed by atoms with Gasteiger partial charge < -0.3 is 14.2 Å². The molecule has 0 heterocycles. The molecule has 0 radical (unpaired) electrons. The van der Waals surface area contributed by atoms with Crippen molar-refractivity contribution in [3.63, 3.8) is 0 Å². The average molecular weight is 233 g/mol. The fourth-order valence-electron chi connectivity index (χ4n) is 1.46. The summed E-state index contributed by atoms with van der Waals surface area (Å²) in [5.74, 6) is -0.268. The SMILES string of the molecule is CCOC(=O)C(CC)(COC)NCCOC. The van der Waals surface area contributed by atoms with Crippen LogP contribution in [0.5, 0.6) is 0 Å². The molecule has 0 bridgehead atoms. The summed E-state index contributed by atoms with van der Waals surface area (Å²) in [6.07, 6.45) is 0.614. The zero-order valence-corrected chi connectivity index (χ0v) is 10.7. The summed E-state index contributed by atoms with van der Waals surface area (Å²) in [5, 5.41) is 3.14. The van der Waals surface area contributed by atoms with Crippen LogP contribution in [-0.2, 0) is 19.0 Å². The Bertz CT molecular complexity index is 198. The Hall–Kier alpha value is -0.650. The predicted octanol–water partition coefficient (Wildman–Crippen LogP) is 0.581. The van der Waals surface area contributed by atoms with Crippen molar-refractivity contribution in [1.82, 2.24) is 5.32 Å². The Kier molecular flexibility index (Phi) is 8.15. The van der Waals surface area contributed by atoms with Crippen molar-refractivity contribution in [2.75, 3.05) is 40.6 Å². The lowest BCUT2D eigenvalue weighted by Gasteiger charge is -2.30. The Morgan fingerprint density at radius 3 is 2.38 bits per heavy atom. The number of carbonyl (C=O) groups is 1. The molecule has 0 saturated carbocycles. The molecule has 0 rings (SSSR count). The van der Waals surface area contributed by atoms with Crippen LogP contribution in [0, 0.1) is 0 Å². The van der Waals surface area contributed by atoms with Gasteiger partial charge in [-0.2, -0.15) is 0 Å². The van der Waals surface area contributed by atoms with Crippen LogP contribution in [0.4, 0.5) is 0 Å². The third-order valence-corrected chi connectivity index (χ3v) is 2.43.